The molecule has 18 heavy (non-hydrogen) atoms. The molecular formula is C11H11BrN2O4. The Morgan fingerprint density at radius 3 is 2.89 bits per heavy atom. The van der Waals surface area contributed by atoms with Crippen LogP contribution >= 0.6 is 15.9 Å². The maximum Gasteiger partial charge on any atom is 0.337 e. The van der Waals surface area contributed by atoms with Gasteiger partial charge in [0.15, 0.2) is 0 Å². The lowest BCUT2D eigenvalue weighted by Gasteiger charge is -2.15. The molecule has 1 aliphatic rings. The van der Waals surface area contributed by atoms with Crippen molar-refractivity contribution in [2.75, 3.05) is 18.1 Å². The summed E-state index contributed by atoms with van der Waals surface area (Å²) in [5, 5.41) is 18.0. The second-order valence-electron chi connectivity index (χ2n) is 4.08. The summed E-state index contributed by atoms with van der Waals surface area (Å²) in [6.45, 7) is 0.299. The number of carboxylic acids is 1. The smallest absolute Gasteiger partial charge is 0.337 e. The van der Waals surface area contributed by atoms with Gasteiger partial charge in [0.2, 0.25) is 5.91 Å². The number of aromatic nitrogens is 1. The van der Waals surface area contributed by atoms with Crippen LogP contribution in [0.15, 0.2) is 16.7 Å². The van der Waals surface area contributed by atoms with Crippen LogP contribution in [0.2, 0.25) is 0 Å². The fourth-order valence-electron chi connectivity index (χ4n) is 1.86. The van der Waals surface area contributed by atoms with Crippen molar-refractivity contribution in [3.63, 3.8) is 0 Å². The number of carboxylic acid groups (broad SMARTS) is 1. The second kappa shape index (κ2) is 5.03. The molecule has 1 atom stereocenters. The van der Waals surface area contributed by atoms with Crippen molar-refractivity contribution in [2.45, 2.75) is 6.42 Å². The maximum absolute atomic E-state index is 11.7. The largest absolute Gasteiger partial charge is 0.478 e. The SMILES string of the molecule is O=C(O)c1cc(N2CC(CO)CC2=O)ncc1Br. The van der Waals surface area contributed by atoms with E-state index in [9.17, 15) is 9.59 Å². The third kappa shape index (κ3) is 2.37. The number of aromatic carboxylic acids is 1. The van der Waals surface area contributed by atoms with Crippen molar-refractivity contribution < 1.29 is 19.8 Å². The van der Waals surface area contributed by atoms with Crippen LogP contribution < -0.4 is 4.90 Å². The van der Waals surface area contributed by atoms with Crippen molar-refractivity contribution in [3.05, 3.63) is 22.3 Å². The highest BCUT2D eigenvalue weighted by atomic mass is 79.9. The quantitative estimate of drug-likeness (QED) is 0.864. The lowest BCUT2D eigenvalue weighted by molar-refractivity contribution is -0.117. The Hall–Kier alpha value is -1.47. The van der Waals surface area contributed by atoms with Crippen molar-refractivity contribution in [1.82, 2.24) is 4.98 Å². The molecule has 1 aromatic rings. The highest BCUT2D eigenvalue weighted by Crippen LogP contribution is 2.26. The van der Waals surface area contributed by atoms with Crippen LogP contribution in [0.4, 0.5) is 5.82 Å². The number of hydrogen-bond acceptors (Lipinski definition) is 4. The average molecular weight is 315 g/mol. The van der Waals surface area contributed by atoms with Gasteiger partial charge in [-0.15, -0.1) is 0 Å². The third-order valence-corrected chi connectivity index (χ3v) is 3.44. The fraction of sp³-hybridized carbons (Fsp3) is 0.364. The van der Waals surface area contributed by atoms with Crippen LogP contribution in [0.25, 0.3) is 0 Å². The monoisotopic (exact) mass is 314 g/mol. The average Bonchev–Trinajstić information content (AvgIpc) is 2.71. The zero-order valence-electron chi connectivity index (χ0n) is 9.34. The van der Waals surface area contributed by atoms with Crippen LogP contribution in [0.3, 0.4) is 0 Å². The maximum atomic E-state index is 11.7. The van der Waals surface area contributed by atoms with Gasteiger partial charge in [-0.2, -0.15) is 0 Å². The molecule has 2 heterocycles. The Morgan fingerprint density at radius 2 is 2.33 bits per heavy atom. The Labute approximate surface area is 111 Å². The molecule has 1 amide bonds. The molecule has 0 bridgehead atoms. The number of pyridine rings is 1. The summed E-state index contributed by atoms with van der Waals surface area (Å²) in [6.07, 6.45) is 1.62. The van der Waals surface area contributed by atoms with E-state index in [1.807, 2.05) is 0 Å². The Bertz CT molecular complexity index is 506. The van der Waals surface area contributed by atoms with E-state index < -0.39 is 5.97 Å². The predicted octanol–water partition coefficient (Wildman–Crippen LogP) is 0.887. The molecule has 0 aromatic carbocycles. The van der Waals surface area contributed by atoms with Gasteiger partial charge >= 0.3 is 5.97 Å². The van der Waals surface area contributed by atoms with Crippen LogP contribution in [0, 0.1) is 5.92 Å². The Morgan fingerprint density at radius 1 is 1.61 bits per heavy atom. The molecule has 0 radical (unpaired) electrons. The lowest BCUT2D eigenvalue weighted by atomic mass is 10.1. The van der Waals surface area contributed by atoms with Crippen LogP contribution in [0.1, 0.15) is 16.8 Å². The van der Waals surface area contributed by atoms with Gasteiger partial charge in [0.05, 0.1) is 10.0 Å². The first-order chi connectivity index (χ1) is 8.52. The number of hydrogen-bond donors (Lipinski definition) is 2. The van der Waals surface area contributed by atoms with E-state index in [0.29, 0.717) is 16.8 Å². The van der Waals surface area contributed by atoms with Crippen LogP contribution in [-0.4, -0.2) is 40.2 Å². The third-order valence-electron chi connectivity index (χ3n) is 2.81. The van der Waals surface area contributed by atoms with Gasteiger partial charge in [-0.3, -0.25) is 9.69 Å². The molecule has 1 fully saturated rings. The summed E-state index contributed by atoms with van der Waals surface area (Å²) in [5.41, 5.74) is 0.0558. The normalized spacial score (nSPS) is 19.3. The topological polar surface area (TPSA) is 90.7 Å². The van der Waals surface area contributed by atoms with Crippen LogP contribution in [-0.2, 0) is 4.79 Å². The molecule has 1 saturated heterocycles. The van der Waals surface area contributed by atoms with E-state index in [1.54, 1.807) is 0 Å². The number of halogens is 1. The zero-order chi connectivity index (χ0) is 13.3. The number of aliphatic hydroxyl groups excluding tert-OH is 1. The molecule has 1 aromatic heterocycles. The number of nitrogens with zero attached hydrogens (tertiary/aromatic N) is 2. The molecular weight excluding hydrogens is 304 g/mol. The number of rotatable bonds is 3. The van der Waals surface area contributed by atoms with E-state index in [0.717, 1.165) is 0 Å². The molecule has 7 heteroatoms. The molecule has 1 unspecified atom stereocenters. The summed E-state index contributed by atoms with van der Waals surface area (Å²) < 4.78 is 0.365. The molecule has 2 N–H and O–H groups in total. The zero-order valence-corrected chi connectivity index (χ0v) is 10.9. The van der Waals surface area contributed by atoms with E-state index in [2.05, 4.69) is 20.9 Å². The van der Waals surface area contributed by atoms with Gasteiger partial charge in [0.1, 0.15) is 5.82 Å². The van der Waals surface area contributed by atoms with Gasteiger partial charge in [-0.1, -0.05) is 0 Å². The second-order valence-corrected chi connectivity index (χ2v) is 4.94. The van der Waals surface area contributed by atoms with E-state index in [-0.39, 0.29) is 30.4 Å². The number of aliphatic hydroxyl groups is 1. The van der Waals surface area contributed by atoms with Crippen molar-refractivity contribution in [3.8, 4) is 0 Å². The molecule has 2 rings (SSSR count). The lowest BCUT2D eigenvalue weighted by Crippen LogP contribution is -2.26. The van der Waals surface area contributed by atoms with Gasteiger partial charge in [0, 0.05) is 31.7 Å². The number of anilines is 1. The first kappa shape index (κ1) is 13.0. The molecule has 0 spiro atoms. The predicted molar refractivity (Wildman–Crippen MR) is 66.4 cm³/mol. The first-order valence-corrected chi connectivity index (χ1v) is 6.12. The minimum atomic E-state index is -1.09. The van der Waals surface area contributed by atoms with E-state index in [1.165, 1.54) is 17.2 Å². The molecule has 96 valence electrons. The minimum Gasteiger partial charge on any atom is -0.478 e. The van der Waals surface area contributed by atoms with Crippen molar-refractivity contribution >= 4 is 33.6 Å². The van der Waals surface area contributed by atoms with Crippen LogP contribution in [0.5, 0.6) is 0 Å². The first-order valence-electron chi connectivity index (χ1n) is 5.33. The van der Waals surface area contributed by atoms with Gasteiger partial charge in [0.25, 0.3) is 0 Å². The van der Waals surface area contributed by atoms with Crippen molar-refractivity contribution in [2.24, 2.45) is 5.92 Å². The summed E-state index contributed by atoms with van der Waals surface area (Å²) in [5.74, 6) is -1.05. The Balaban J connectivity index is 2.32. The number of carbonyl (C=O) groups is 2. The summed E-state index contributed by atoms with van der Waals surface area (Å²) in [7, 11) is 0. The minimum absolute atomic E-state index is 0.0558. The summed E-state index contributed by atoms with van der Waals surface area (Å²) in [4.78, 5) is 28.2. The van der Waals surface area contributed by atoms with Crippen molar-refractivity contribution in [1.29, 1.82) is 0 Å². The standard InChI is InChI=1S/C11H11BrN2O4/c12-8-3-13-9(2-7(8)11(17)18)14-4-6(5-15)1-10(14)16/h2-3,6,15H,1,4-5H2,(H,17,18). The summed E-state index contributed by atoms with van der Waals surface area (Å²) >= 11 is 3.09. The highest BCUT2D eigenvalue weighted by Gasteiger charge is 2.31. The molecule has 0 saturated carbocycles. The van der Waals surface area contributed by atoms with Gasteiger partial charge in [-0.05, 0) is 22.0 Å². The molecule has 0 aliphatic carbocycles. The van der Waals surface area contributed by atoms with Gasteiger partial charge in [-0.25, -0.2) is 9.78 Å². The van der Waals surface area contributed by atoms with Gasteiger partial charge < -0.3 is 10.2 Å². The molecule has 6 nitrogen and oxygen atoms in total. The fourth-order valence-corrected chi connectivity index (χ4v) is 2.25. The summed E-state index contributed by atoms with van der Waals surface area (Å²) in [6, 6.07) is 1.35. The number of carbonyl (C=O) groups excluding carboxylic acids is 1. The molecule has 1 aliphatic heterocycles. The number of amides is 1. The highest BCUT2D eigenvalue weighted by molar-refractivity contribution is 9.10. The van der Waals surface area contributed by atoms with E-state index >= 15 is 0 Å². The van der Waals surface area contributed by atoms with E-state index in [4.69, 9.17) is 10.2 Å². The Kier molecular flexibility index (Phi) is 3.63.